The maximum absolute atomic E-state index is 12.6. The van der Waals surface area contributed by atoms with Gasteiger partial charge in [-0.2, -0.15) is 0 Å². The minimum atomic E-state index is -0.488. The minimum absolute atomic E-state index is 0.0697. The molecule has 3 nitrogen and oxygen atoms in total. The molecule has 2 aromatic carbocycles. The van der Waals surface area contributed by atoms with Crippen molar-refractivity contribution >= 4 is 11.8 Å². The largest absolute Gasteiger partial charge is 0.431 e. The van der Waals surface area contributed by atoms with Gasteiger partial charge in [0.1, 0.15) is 0 Å². The Hall–Kier alpha value is -2.68. The van der Waals surface area contributed by atoms with Crippen molar-refractivity contribution in [3.05, 3.63) is 83.1 Å². The van der Waals surface area contributed by atoms with Crippen molar-refractivity contribution in [1.29, 1.82) is 0 Å². The van der Waals surface area contributed by atoms with Crippen LogP contribution >= 0.6 is 0 Å². The van der Waals surface area contributed by atoms with Crippen LogP contribution in [0.1, 0.15) is 73.4 Å². The smallest absolute Gasteiger partial charge is 0.342 e. The van der Waals surface area contributed by atoms with Gasteiger partial charge in [0.2, 0.25) is 0 Å². The van der Waals surface area contributed by atoms with E-state index in [1.54, 1.807) is 24.3 Å². The highest BCUT2D eigenvalue weighted by Crippen LogP contribution is 2.30. The molecule has 142 valence electrons. The predicted molar refractivity (Wildman–Crippen MR) is 109 cm³/mol. The van der Waals surface area contributed by atoms with Gasteiger partial charge in [-0.3, -0.25) is 4.79 Å². The molecular weight excluding hydrogens is 336 g/mol. The maximum Gasteiger partial charge on any atom is 0.342 e. The third-order valence-electron chi connectivity index (χ3n) is 4.35. The van der Waals surface area contributed by atoms with Gasteiger partial charge in [-0.1, -0.05) is 65.8 Å². The Bertz CT molecular complexity index is 815. The number of allylic oxidation sites excluding steroid dienone is 1. The number of esters is 1. The summed E-state index contributed by atoms with van der Waals surface area (Å²) in [5, 5.41) is 0. The van der Waals surface area contributed by atoms with E-state index in [9.17, 15) is 9.59 Å². The van der Waals surface area contributed by atoms with Crippen LogP contribution in [0.4, 0.5) is 0 Å². The number of hydrogen-bond acceptors (Lipinski definition) is 3. The Labute approximate surface area is 162 Å². The van der Waals surface area contributed by atoms with Gasteiger partial charge in [0.05, 0.1) is 11.8 Å². The summed E-state index contributed by atoms with van der Waals surface area (Å²) in [7, 11) is 0. The first-order valence-corrected chi connectivity index (χ1v) is 9.11. The van der Waals surface area contributed by atoms with Gasteiger partial charge in [-0.05, 0) is 46.2 Å². The van der Waals surface area contributed by atoms with E-state index < -0.39 is 5.97 Å². The first-order chi connectivity index (χ1) is 12.5. The molecule has 0 atom stereocenters. The van der Waals surface area contributed by atoms with Gasteiger partial charge in [-0.25, -0.2) is 4.79 Å². The average molecular weight is 364 g/mol. The molecule has 0 saturated heterocycles. The van der Waals surface area contributed by atoms with E-state index in [1.165, 1.54) is 6.08 Å². The zero-order chi connectivity index (χ0) is 20.2. The number of carbonyl (C=O) groups is 2. The number of ether oxygens (including phenoxy) is 1. The lowest BCUT2D eigenvalue weighted by Crippen LogP contribution is -2.17. The maximum atomic E-state index is 12.6. The molecule has 2 rings (SSSR count). The van der Waals surface area contributed by atoms with Crippen molar-refractivity contribution in [2.24, 2.45) is 0 Å². The van der Waals surface area contributed by atoms with E-state index in [0.717, 1.165) is 17.4 Å². The van der Waals surface area contributed by atoms with Crippen LogP contribution in [0, 0.1) is 0 Å². The highest BCUT2D eigenvalue weighted by Gasteiger charge is 2.21. The lowest BCUT2D eigenvalue weighted by atomic mass is 9.79. The quantitative estimate of drug-likeness (QED) is 0.296. The Morgan fingerprint density at radius 2 is 1.30 bits per heavy atom. The van der Waals surface area contributed by atoms with Crippen LogP contribution < -0.4 is 0 Å². The van der Waals surface area contributed by atoms with Crippen molar-refractivity contribution in [2.75, 3.05) is 0 Å². The highest BCUT2D eigenvalue weighted by molar-refractivity contribution is 6.05. The molecule has 2 aromatic rings. The van der Waals surface area contributed by atoms with Gasteiger partial charge in [0.15, 0.2) is 5.78 Å². The molecule has 0 fully saturated rings. The molecular formula is C24H28O3. The summed E-state index contributed by atoms with van der Waals surface area (Å²) < 4.78 is 5.07. The van der Waals surface area contributed by atoms with Crippen LogP contribution in [0.5, 0.6) is 0 Å². The molecule has 0 N–H and O–H groups in total. The fraction of sp³-hybridized carbons (Fsp3) is 0.333. The predicted octanol–water partition coefficient (Wildman–Crippen LogP) is 5.84. The molecule has 3 heteroatoms. The first kappa shape index (κ1) is 20.6. The Morgan fingerprint density at radius 1 is 0.778 bits per heavy atom. The van der Waals surface area contributed by atoms with Crippen molar-refractivity contribution in [1.82, 2.24) is 0 Å². The molecule has 0 saturated carbocycles. The molecule has 0 aliphatic heterocycles. The van der Waals surface area contributed by atoms with Gasteiger partial charge >= 0.3 is 5.97 Å². The van der Waals surface area contributed by atoms with E-state index >= 15 is 0 Å². The van der Waals surface area contributed by atoms with Gasteiger partial charge < -0.3 is 4.74 Å². The molecule has 0 bridgehead atoms. The number of carbonyl (C=O) groups excluding carboxylic acids is 2. The van der Waals surface area contributed by atoms with Crippen LogP contribution in [0.25, 0.3) is 0 Å². The Morgan fingerprint density at radius 3 is 1.78 bits per heavy atom. The fourth-order valence-electron chi connectivity index (χ4n) is 2.53. The monoisotopic (exact) mass is 364 g/mol. The van der Waals surface area contributed by atoms with Crippen LogP contribution in [0.15, 0.2) is 60.9 Å². The van der Waals surface area contributed by atoms with Crippen LogP contribution in [0.3, 0.4) is 0 Å². The number of benzene rings is 2. The van der Waals surface area contributed by atoms with Gasteiger partial charge in [0.25, 0.3) is 0 Å². The Balaban J connectivity index is 2.23. The summed E-state index contributed by atoms with van der Waals surface area (Å²) in [4.78, 5) is 24.6. The topological polar surface area (TPSA) is 43.4 Å². The fourth-order valence-corrected chi connectivity index (χ4v) is 2.53. The van der Waals surface area contributed by atoms with Crippen LogP contribution in [-0.2, 0) is 15.6 Å². The van der Waals surface area contributed by atoms with Crippen LogP contribution in [0.2, 0.25) is 0 Å². The summed E-state index contributed by atoms with van der Waals surface area (Å²) >= 11 is 0. The lowest BCUT2D eigenvalue weighted by Gasteiger charge is -2.25. The number of hydrogen-bond donors (Lipinski definition) is 0. The zero-order valence-corrected chi connectivity index (χ0v) is 17.0. The summed E-state index contributed by atoms with van der Waals surface area (Å²) in [5.74, 6) is -0.675. The number of rotatable bonds is 4. The van der Waals surface area contributed by atoms with Crippen LogP contribution in [-0.4, -0.2) is 11.8 Å². The normalized spacial score (nSPS) is 12.2. The zero-order valence-electron chi connectivity index (χ0n) is 17.0. The SMILES string of the molecule is CC(C)(C)c1cc(C(=O)C=COC(=O)c2ccccc2)cc(C(C)(C)C)c1. The second kappa shape index (κ2) is 7.91. The molecule has 0 unspecified atom stereocenters. The first-order valence-electron chi connectivity index (χ1n) is 9.11. The van der Waals surface area contributed by atoms with E-state index in [0.29, 0.717) is 11.1 Å². The summed E-state index contributed by atoms with van der Waals surface area (Å²) in [5.41, 5.74) is 3.11. The van der Waals surface area contributed by atoms with Gasteiger partial charge in [0, 0.05) is 11.6 Å². The molecule has 27 heavy (non-hydrogen) atoms. The molecule has 0 amide bonds. The third-order valence-corrected chi connectivity index (χ3v) is 4.35. The standard InChI is InChI=1S/C24H28O3/c1-23(2,3)19-14-18(15-20(16-19)24(4,5)6)21(25)12-13-27-22(26)17-10-8-7-9-11-17/h7-16H,1-6H3. The average Bonchev–Trinajstić information content (AvgIpc) is 2.60. The second-order valence-corrected chi connectivity index (χ2v) is 8.74. The number of ketones is 1. The molecule has 0 heterocycles. The Kier molecular flexibility index (Phi) is 6.04. The molecule has 0 aromatic heterocycles. The van der Waals surface area contributed by atoms with Crippen molar-refractivity contribution < 1.29 is 14.3 Å². The third kappa shape index (κ3) is 5.65. The van der Waals surface area contributed by atoms with Gasteiger partial charge in [-0.15, -0.1) is 0 Å². The molecule has 0 aliphatic rings. The second-order valence-electron chi connectivity index (χ2n) is 8.74. The van der Waals surface area contributed by atoms with Crippen molar-refractivity contribution in [2.45, 2.75) is 52.4 Å². The van der Waals surface area contributed by atoms with Crippen molar-refractivity contribution in [3.63, 3.8) is 0 Å². The summed E-state index contributed by atoms with van der Waals surface area (Å²) in [6.45, 7) is 12.8. The molecule has 0 spiro atoms. The molecule has 0 aliphatic carbocycles. The van der Waals surface area contributed by atoms with E-state index in [1.807, 2.05) is 18.2 Å². The van der Waals surface area contributed by atoms with E-state index in [4.69, 9.17) is 4.74 Å². The van der Waals surface area contributed by atoms with Crippen molar-refractivity contribution in [3.8, 4) is 0 Å². The molecule has 0 radical (unpaired) electrons. The summed E-state index contributed by atoms with van der Waals surface area (Å²) in [6.07, 6.45) is 2.47. The minimum Gasteiger partial charge on any atom is -0.431 e. The lowest BCUT2D eigenvalue weighted by molar-refractivity contribution is 0.0662. The highest BCUT2D eigenvalue weighted by atomic mass is 16.5. The van der Waals surface area contributed by atoms with E-state index in [-0.39, 0.29) is 16.6 Å². The van der Waals surface area contributed by atoms with E-state index in [2.05, 4.69) is 47.6 Å². The summed E-state index contributed by atoms with van der Waals surface area (Å²) in [6, 6.07) is 14.7.